The minimum Gasteiger partial charge on any atom is -0.459 e. The summed E-state index contributed by atoms with van der Waals surface area (Å²) in [6, 6.07) is 0. The predicted octanol–water partition coefficient (Wildman–Crippen LogP) is 4.00. The van der Waals surface area contributed by atoms with Crippen molar-refractivity contribution < 1.29 is 47.7 Å². The smallest absolute Gasteiger partial charge is 0.320 e. The van der Waals surface area contributed by atoms with E-state index in [2.05, 4.69) is 0 Å². The Morgan fingerprint density at radius 3 is 0.925 bits per heavy atom. The summed E-state index contributed by atoms with van der Waals surface area (Å²) in [4.78, 5) is 83.3. The fraction of sp³-hybridized carbons (Fsp3) is 0.800. The van der Waals surface area contributed by atoms with Crippen LogP contribution in [0, 0.1) is 34.5 Å². The van der Waals surface area contributed by atoms with Crippen LogP contribution in [0.2, 0.25) is 0 Å². The third-order valence-electron chi connectivity index (χ3n) is 6.99. The Morgan fingerprint density at radius 2 is 0.725 bits per heavy atom. The largest absolute Gasteiger partial charge is 0.459 e. The van der Waals surface area contributed by atoms with Crippen LogP contribution >= 0.6 is 0 Å². The Labute approximate surface area is 237 Å². The molecule has 0 aromatic carbocycles. The van der Waals surface area contributed by atoms with Crippen LogP contribution in [0.15, 0.2) is 0 Å². The van der Waals surface area contributed by atoms with E-state index in [9.17, 15) is 28.8 Å². The van der Waals surface area contributed by atoms with Gasteiger partial charge in [0.2, 0.25) is 0 Å². The summed E-state index contributed by atoms with van der Waals surface area (Å²) in [5, 5.41) is 0. The fourth-order valence-electron chi connectivity index (χ4n) is 5.58. The zero-order chi connectivity index (χ0) is 31.6. The molecule has 4 unspecified atom stereocenters. The Hall–Kier alpha value is -2.78. The number of esters is 4. The maximum Gasteiger partial charge on any atom is 0.320 e. The van der Waals surface area contributed by atoms with Crippen molar-refractivity contribution in [3.63, 3.8) is 0 Å². The molecule has 0 heterocycles. The normalized spacial score (nSPS) is 30.9. The number of carbonyl (C=O) groups excluding carboxylic acids is 6. The van der Waals surface area contributed by atoms with Crippen LogP contribution < -0.4 is 0 Å². The molecule has 0 radical (unpaired) electrons. The number of ketones is 2. The molecule has 226 valence electrons. The molecule has 10 heteroatoms. The van der Waals surface area contributed by atoms with Crippen molar-refractivity contribution in [2.24, 2.45) is 34.5 Å². The number of hydrogen-bond acceptors (Lipinski definition) is 10. The molecule has 0 aromatic heterocycles. The second-order valence-corrected chi connectivity index (χ2v) is 15.2. The zero-order valence-electron chi connectivity index (χ0n) is 26.4. The van der Waals surface area contributed by atoms with Crippen molar-refractivity contribution >= 4 is 35.4 Å². The number of rotatable bonds is 4. The van der Waals surface area contributed by atoms with Crippen LogP contribution in [0.4, 0.5) is 0 Å². The van der Waals surface area contributed by atoms with E-state index in [4.69, 9.17) is 18.9 Å². The van der Waals surface area contributed by atoms with E-state index in [1.807, 2.05) is 0 Å². The Morgan fingerprint density at radius 1 is 0.500 bits per heavy atom. The first kappa shape index (κ1) is 33.4. The van der Waals surface area contributed by atoms with Gasteiger partial charge in [0.1, 0.15) is 45.1 Å². The molecule has 2 fully saturated rings. The molecule has 2 saturated carbocycles. The fourth-order valence-corrected chi connectivity index (χ4v) is 5.58. The number of Topliss-reactive ketones (excluding diaryl/α,β-unsaturated/α-hetero) is 2. The van der Waals surface area contributed by atoms with Gasteiger partial charge >= 0.3 is 23.9 Å². The highest BCUT2D eigenvalue weighted by Gasteiger charge is 2.80. The third-order valence-corrected chi connectivity index (χ3v) is 6.99. The highest BCUT2D eigenvalue weighted by molar-refractivity contribution is 6.21. The van der Waals surface area contributed by atoms with E-state index in [1.165, 1.54) is 13.8 Å². The van der Waals surface area contributed by atoms with Crippen LogP contribution in [-0.4, -0.2) is 57.8 Å². The first-order chi connectivity index (χ1) is 17.6. The molecule has 2 rings (SSSR count). The minimum atomic E-state index is -2.16. The first-order valence-corrected chi connectivity index (χ1v) is 13.6. The summed E-state index contributed by atoms with van der Waals surface area (Å²) in [6.07, 6.45) is 0. The number of fused-ring (bicyclic) bond motifs is 1. The molecule has 0 N–H and O–H groups in total. The number of carbonyl (C=O) groups is 6. The SMILES string of the molecule is CC(C)(C)OC(=O)C1C(=O)[C@@](C)(C(=O)OC(C)(C)C)C2C(C(=O)OC(C)(C)C)C(=O)[C@@](C)(C(=O)OC(C)(C)C)C12. The standard InChI is InChI=1S/C30H46O10/c1-25(2,3)37-21(33)15-17-18(30(14,19(15)31)24(36)40-28(10,11)12)16(22(34)38-26(4,5)6)20(32)29(17,13)23(35)39-27(7,8)9/h15-18H,1-14H3/t15?,16?,17?,18?,29-,30-/m0/s1. The van der Waals surface area contributed by atoms with Crippen molar-refractivity contribution in [3.8, 4) is 0 Å². The molecule has 40 heavy (non-hydrogen) atoms. The maximum absolute atomic E-state index is 14.2. The molecule has 10 nitrogen and oxygen atoms in total. The summed E-state index contributed by atoms with van der Waals surface area (Å²) in [5.74, 6) is -12.1. The van der Waals surface area contributed by atoms with Crippen LogP contribution in [-0.2, 0) is 47.7 Å². The van der Waals surface area contributed by atoms with Gasteiger partial charge in [0.05, 0.1) is 0 Å². The Bertz CT molecular complexity index is 1020. The summed E-state index contributed by atoms with van der Waals surface area (Å²) in [5.41, 5.74) is -8.47. The average molecular weight is 567 g/mol. The lowest BCUT2D eigenvalue weighted by Gasteiger charge is -2.34. The number of ether oxygens (including phenoxy) is 4. The minimum absolute atomic E-state index is 0.887. The Balaban J connectivity index is 2.94. The maximum atomic E-state index is 14.2. The van der Waals surface area contributed by atoms with E-state index < -0.39 is 92.3 Å². The highest BCUT2D eigenvalue weighted by Crippen LogP contribution is 2.64. The average Bonchev–Trinajstić information content (AvgIpc) is 3.05. The van der Waals surface area contributed by atoms with Gasteiger partial charge in [-0.3, -0.25) is 28.8 Å². The van der Waals surface area contributed by atoms with E-state index in [1.54, 1.807) is 83.1 Å². The van der Waals surface area contributed by atoms with Gasteiger partial charge in [-0.15, -0.1) is 0 Å². The van der Waals surface area contributed by atoms with Crippen LogP contribution in [0.5, 0.6) is 0 Å². The molecule has 0 amide bonds. The van der Waals surface area contributed by atoms with E-state index in [0.29, 0.717) is 0 Å². The van der Waals surface area contributed by atoms with Gasteiger partial charge in [-0.1, -0.05) is 0 Å². The lowest BCUT2D eigenvalue weighted by molar-refractivity contribution is -0.176. The summed E-state index contributed by atoms with van der Waals surface area (Å²) < 4.78 is 22.4. The van der Waals surface area contributed by atoms with E-state index >= 15 is 0 Å². The monoisotopic (exact) mass is 566 g/mol. The molecule has 0 spiro atoms. The molecular formula is C30H46O10. The lowest BCUT2D eigenvalue weighted by atomic mass is 9.71. The van der Waals surface area contributed by atoms with Gasteiger partial charge in [-0.25, -0.2) is 0 Å². The molecule has 0 saturated heterocycles. The third kappa shape index (κ3) is 6.25. The van der Waals surface area contributed by atoms with Gasteiger partial charge in [-0.05, 0) is 96.9 Å². The number of hydrogen-bond donors (Lipinski definition) is 0. The van der Waals surface area contributed by atoms with E-state index in [0.717, 1.165) is 0 Å². The molecule has 0 aliphatic heterocycles. The van der Waals surface area contributed by atoms with Gasteiger partial charge in [-0.2, -0.15) is 0 Å². The summed E-state index contributed by atoms with van der Waals surface area (Å²) >= 11 is 0. The molecule has 6 atom stereocenters. The van der Waals surface area contributed by atoms with Crippen molar-refractivity contribution in [2.45, 2.75) is 119 Å². The Kier molecular flexibility index (Phi) is 8.31. The summed E-state index contributed by atoms with van der Waals surface area (Å²) in [6.45, 7) is 21.8. The molecule has 0 aromatic rings. The van der Waals surface area contributed by atoms with Crippen LogP contribution in [0.3, 0.4) is 0 Å². The first-order valence-electron chi connectivity index (χ1n) is 13.6. The van der Waals surface area contributed by atoms with Gasteiger partial charge in [0.25, 0.3) is 0 Å². The second kappa shape index (κ2) is 9.94. The van der Waals surface area contributed by atoms with Crippen LogP contribution in [0.1, 0.15) is 96.9 Å². The van der Waals surface area contributed by atoms with Gasteiger partial charge in [0, 0.05) is 11.8 Å². The van der Waals surface area contributed by atoms with Gasteiger partial charge in [0.15, 0.2) is 11.6 Å². The summed E-state index contributed by atoms with van der Waals surface area (Å²) in [7, 11) is 0. The molecule has 2 aliphatic rings. The predicted molar refractivity (Wildman–Crippen MR) is 144 cm³/mol. The van der Waals surface area contributed by atoms with Gasteiger partial charge < -0.3 is 18.9 Å². The lowest BCUT2D eigenvalue weighted by Crippen LogP contribution is -2.50. The van der Waals surface area contributed by atoms with Crippen molar-refractivity contribution in [2.75, 3.05) is 0 Å². The van der Waals surface area contributed by atoms with Crippen molar-refractivity contribution in [1.82, 2.24) is 0 Å². The van der Waals surface area contributed by atoms with Crippen molar-refractivity contribution in [3.05, 3.63) is 0 Å². The molecular weight excluding hydrogens is 520 g/mol. The topological polar surface area (TPSA) is 139 Å². The van der Waals surface area contributed by atoms with Crippen LogP contribution in [0.25, 0.3) is 0 Å². The quantitative estimate of drug-likeness (QED) is 0.279. The zero-order valence-corrected chi connectivity index (χ0v) is 26.4. The van der Waals surface area contributed by atoms with E-state index in [-0.39, 0.29) is 0 Å². The molecule has 0 bridgehead atoms. The van der Waals surface area contributed by atoms with Crippen molar-refractivity contribution in [1.29, 1.82) is 0 Å². The molecule has 2 aliphatic carbocycles. The second-order valence-electron chi connectivity index (χ2n) is 15.2. The highest BCUT2D eigenvalue weighted by atomic mass is 16.6.